The third-order valence-corrected chi connectivity index (χ3v) is 4.85. The van der Waals surface area contributed by atoms with Gasteiger partial charge in [0.25, 0.3) is 0 Å². The summed E-state index contributed by atoms with van der Waals surface area (Å²) in [6.45, 7) is 15.0. The quantitative estimate of drug-likeness (QED) is 0.861. The van der Waals surface area contributed by atoms with Gasteiger partial charge in [0, 0.05) is 6.54 Å². The molecule has 0 aromatic heterocycles. The molecule has 1 rings (SSSR count). The molecule has 1 N–H and O–H groups in total. The van der Waals surface area contributed by atoms with Gasteiger partial charge in [-0.05, 0) is 31.1 Å². The van der Waals surface area contributed by atoms with Gasteiger partial charge in [-0.3, -0.25) is 9.59 Å². The second-order valence-electron chi connectivity index (χ2n) is 7.32. The van der Waals surface area contributed by atoms with Crippen LogP contribution in [0.25, 0.3) is 0 Å². The van der Waals surface area contributed by atoms with Crippen molar-refractivity contribution in [1.82, 2.24) is 10.2 Å². The number of nitrogens with one attached hydrogen (secondary N) is 1. The maximum atomic E-state index is 12.8. The van der Waals surface area contributed by atoms with E-state index in [9.17, 15) is 9.59 Å². The lowest BCUT2D eigenvalue weighted by Crippen LogP contribution is -2.69. The van der Waals surface area contributed by atoms with Gasteiger partial charge in [-0.25, -0.2) is 0 Å². The molecule has 0 radical (unpaired) electrons. The summed E-state index contributed by atoms with van der Waals surface area (Å²) in [7, 11) is 0. The maximum Gasteiger partial charge on any atom is 0.248 e. The normalized spacial score (nSPS) is 29.4. The summed E-state index contributed by atoms with van der Waals surface area (Å²) in [4.78, 5) is 26.9. The van der Waals surface area contributed by atoms with E-state index in [1.165, 1.54) is 0 Å². The summed E-state index contributed by atoms with van der Waals surface area (Å²) in [5.41, 5.74) is -0.629. The smallest absolute Gasteiger partial charge is 0.248 e. The first-order valence-electron chi connectivity index (χ1n) is 7.70. The zero-order chi connectivity index (χ0) is 15.7. The number of hydrogen-bond acceptors (Lipinski definition) is 2. The minimum Gasteiger partial charge on any atom is -0.340 e. The van der Waals surface area contributed by atoms with Crippen LogP contribution in [0.15, 0.2) is 0 Å². The summed E-state index contributed by atoms with van der Waals surface area (Å²) < 4.78 is 0. The second-order valence-corrected chi connectivity index (χ2v) is 7.32. The van der Waals surface area contributed by atoms with Gasteiger partial charge < -0.3 is 10.2 Å². The lowest BCUT2D eigenvalue weighted by molar-refractivity contribution is -0.155. The van der Waals surface area contributed by atoms with Gasteiger partial charge in [-0.1, -0.05) is 41.5 Å². The Labute approximate surface area is 123 Å². The molecular formula is C16H30N2O2. The van der Waals surface area contributed by atoms with E-state index in [4.69, 9.17) is 0 Å². The van der Waals surface area contributed by atoms with Crippen molar-refractivity contribution >= 4 is 11.8 Å². The molecule has 3 unspecified atom stereocenters. The molecule has 116 valence electrons. The van der Waals surface area contributed by atoms with E-state index in [0.717, 1.165) is 0 Å². The highest BCUT2D eigenvalue weighted by molar-refractivity contribution is 5.99. The largest absolute Gasteiger partial charge is 0.340 e. The Morgan fingerprint density at radius 2 is 1.85 bits per heavy atom. The fourth-order valence-electron chi connectivity index (χ4n) is 2.43. The van der Waals surface area contributed by atoms with Crippen molar-refractivity contribution in [3.8, 4) is 0 Å². The first-order chi connectivity index (χ1) is 9.06. The second kappa shape index (κ2) is 5.74. The van der Waals surface area contributed by atoms with Crippen molar-refractivity contribution in [2.24, 2.45) is 11.3 Å². The molecule has 0 aromatic rings. The third-order valence-electron chi connectivity index (χ3n) is 4.85. The van der Waals surface area contributed by atoms with E-state index in [0.29, 0.717) is 25.3 Å². The lowest BCUT2D eigenvalue weighted by atomic mass is 9.80. The predicted molar refractivity (Wildman–Crippen MR) is 81.2 cm³/mol. The van der Waals surface area contributed by atoms with Crippen molar-refractivity contribution in [3.63, 3.8) is 0 Å². The summed E-state index contributed by atoms with van der Waals surface area (Å²) in [5.74, 6) is 0.382. The molecule has 1 saturated heterocycles. The highest BCUT2D eigenvalue weighted by Gasteiger charge is 2.46. The Balaban J connectivity index is 3.04. The molecule has 1 fully saturated rings. The van der Waals surface area contributed by atoms with Crippen LogP contribution >= 0.6 is 0 Å². The number of rotatable bonds is 4. The number of carbonyl (C=O) groups excluding carboxylic acids is 2. The molecule has 1 heterocycles. The molecule has 0 spiro atoms. The van der Waals surface area contributed by atoms with Crippen LogP contribution in [0.3, 0.4) is 0 Å². The third kappa shape index (κ3) is 3.15. The van der Waals surface area contributed by atoms with Crippen molar-refractivity contribution in [3.05, 3.63) is 0 Å². The van der Waals surface area contributed by atoms with Crippen molar-refractivity contribution in [2.75, 3.05) is 6.54 Å². The van der Waals surface area contributed by atoms with Crippen LogP contribution in [0, 0.1) is 11.3 Å². The van der Waals surface area contributed by atoms with Gasteiger partial charge in [-0.2, -0.15) is 0 Å². The molecule has 4 nitrogen and oxygen atoms in total. The van der Waals surface area contributed by atoms with Gasteiger partial charge in [0.1, 0.15) is 11.6 Å². The average Bonchev–Trinajstić information content (AvgIpc) is 2.34. The van der Waals surface area contributed by atoms with Crippen molar-refractivity contribution in [1.29, 1.82) is 0 Å². The van der Waals surface area contributed by atoms with Gasteiger partial charge in [0.2, 0.25) is 11.8 Å². The van der Waals surface area contributed by atoms with E-state index in [-0.39, 0.29) is 23.3 Å². The Kier molecular flexibility index (Phi) is 4.88. The van der Waals surface area contributed by atoms with Crippen molar-refractivity contribution < 1.29 is 9.59 Å². The van der Waals surface area contributed by atoms with Crippen molar-refractivity contribution in [2.45, 2.75) is 72.9 Å². The molecule has 0 aromatic carbocycles. The van der Waals surface area contributed by atoms with Gasteiger partial charge >= 0.3 is 0 Å². The number of hydrogen-bond donors (Lipinski definition) is 1. The van der Waals surface area contributed by atoms with E-state index in [1.807, 2.05) is 20.8 Å². The molecular weight excluding hydrogens is 252 g/mol. The van der Waals surface area contributed by atoms with E-state index in [2.05, 4.69) is 33.0 Å². The standard InChI is InChI=1S/C16H30N2O2/c1-8-12-13(19)17-16(7,9-2)14(20)18(12)10-11(3)15(4,5)6/h11-12H,8-10H2,1-7H3,(H,17,19). The van der Waals surface area contributed by atoms with Crippen LogP contribution in [-0.4, -0.2) is 34.8 Å². The summed E-state index contributed by atoms with van der Waals surface area (Å²) in [6.07, 6.45) is 1.28. The van der Waals surface area contributed by atoms with E-state index < -0.39 is 5.54 Å². The van der Waals surface area contributed by atoms with E-state index in [1.54, 1.807) is 4.90 Å². The number of nitrogens with zero attached hydrogens (tertiary/aromatic N) is 1. The Morgan fingerprint density at radius 3 is 2.25 bits per heavy atom. The fraction of sp³-hybridized carbons (Fsp3) is 0.875. The number of carbonyl (C=O) groups is 2. The maximum absolute atomic E-state index is 12.8. The molecule has 0 aliphatic carbocycles. The molecule has 2 amide bonds. The minimum absolute atomic E-state index is 0.0161. The first-order valence-corrected chi connectivity index (χ1v) is 7.70. The van der Waals surface area contributed by atoms with Gasteiger partial charge in [0.15, 0.2) is 0 Å². The summed E-state index contributed by atoms with van der Waals surface area (Å²) >= 11 is 0. The fourth-order valence-corrected chi connectivity index (χ4v) is 2.43. The SMILES string of the molecule is CCC1C(=O)NC(C)(CC)C(=O)N1CC(C)C(C)(C)C. The first kappa shape index (κ1) is 17.0. The number of amides is 2. The highest BCUT2D eigenvalue weighted by atomic mass is 16.2. The molecule has 1 aliphatic rings. The molecule has 0 saturated carbocycles. The van der Waals surface area contributed by atoms with Gasteiger partial charge in [0.05, 0.1) is 0 Å². The summed E-state index contributed by atoms with van der Waals surface area (Å²) in [6, 6.07) is -0.327. The van der Waals surface area contributed by atoms with Gasteiger partial charge in [-0.15, -0.1) is 0 Å². The minimum atomic E-state index is -0.750. The molecule has 3 atom stereocenters. The molecule has 4 heteroatoms. The Bertz CT molecular complexity index is 386. The zero-order valence-corrected chi connectivity index (χ0v) is 14.0. The summed E-state index contributed by atoms with van der Waals surface area (Å²) in [5, 5.41) is 2.91. The van der Waals surface area contributed by atoms with Crippen LogP contribution in [-0.2, 0) is 9.59 Å². The lowest BCUT2D eigenvalue weighted by Gasteiger charge is -2.46. The predicted octanol–water partition coefficient (Wildman–Crippen LogP) is 2.57. The zero-order valence-electron chi connectivity index (χ0n) is 14.0. The average molecular weight is 282 g/mol. The molecule has 0 bridgehead atoms. The van der Waals surface area contributed by atoms with Crippen LogP contribution in [0.4, 0.5) is 0 Å². The van der Waals surface area contributed by atoms with E-state index >= 15 is 0 Å². The number of piperazine rings is 1. The van der Waals surface area contributed by atoms with Crippen LogP contribution in [0.5, 0.6) is 0 Å². The Hall–Kier alpha value is -1.06. The Morgan fingerprint density at radius 1 is 1.30 bits per heavy atom. The topological polar surface area (TPSA) is 49.4 Å². The molecule has 1 aliphatic heterocycles. The van der Waals surface area contributed by atoms with Crippen LogP contribution in [0.1, 0.15) is 61.3 Å². The van der Waals surface area contributed by atoms with Crippen LogP contribution < -0.4 is 5.32 Å². The highest BCUT2D eigenvalue weighted by Crippen LogP contribution is 2.30. The molecule has 20 heavy (non-hydrogen) atoms. The monoisotopic (exact) mass is 282 g/mol. The van der Waals surface area contributed by atoms with Crippen LogP contribution in [0.2, 0.25) is 0 Å².